The number of hydrogen-bond acceptors (Lipinski definition) is 4. The number of ether oxygens (including phenoxy) is 1. The zero-order chi connectivity index (χ0) is 19.3. The molecule has 0 atom stereocenters. The van der Waals surface area contributed by atoms with Crippen LogP contribution < -0.4 is 15.4 Å². The number of likely N-dealkylation sites (N-methyl/N-ethyl adjacent to an activating group) is 1. The summed E-state index contributed by atoms with van der Waals surface area (Å²) < 4.78 is 32.9. The Morgan fingerprint density at radius 3 is 2.50 bits per heavy atom. The highest BCUT2D eigenvalue weighted by Gasteiger charge is 2.30. The molecule has 8 heteroatoms. The number of quaternary nitrogens is 1. The standard InChI is InChI=1S/C18H29N3O4S/c1-4-20-8-10-21(11-9-20)26(23,24)15-5-6-17(16(13-15)18(19)22)25-12-7-14(2)3/h5-6,13-14H,4,7-12H2,1-3H3,(H2,19,22)/p+1. The molecule has 26 heavy (non-hydrogen) atoms. The van der Waals surface area contributed by atoms with Crippen LogP contribution in [-0.2, 0) is 10.0 Å². The van der Waals surface area contributed by atoms with E-state index in [1.165, 1.54) is 27.4 Å². The molecule has 1 aromatic carbocycles. The Kier molecular flexibility index (Phi) is 7.02. The molecule has 0 unspecified atom stereocenters. The van der Waals surface area contributed by atoms with Gasteiger partial charge in [-0.2, -0.15) is 4.31 Å². The fraction of sp³-hybridized carbons (Fsp3) is 0.611. The van der Waals surface area contributed by atoms with Gasteiger partial charge < -0.3 is 15.4 Å². The number of carbonyl (C=O) groups is 1. The van der Waals surface area contributed by atoms with Crippen LogP contribution in [0.4, 0.5) is 0 Å². The maximum absolute atomic E-state index is 12.9. The van der Waals surface area contributed by atoms with Crippen LogP contribution in [0.3, 0.4) is 0 Å². The first-order chi connectivity index (χ1) is 12.3. The van der Waals surface area contributed by atoms with Crippen molar-refractivity contribution in [3.8, 4) is 5.75 Å². The average molecular weight is 385 g/mol. The van der Waals surface area contributed by atoms with Crippen molar-refractivity contribution in [3.05, 3.63) is 23.8 Å². The lowest BCUT2D eigenvalue weighted by Gasteiger charge is -2.31. The molecule has 7 nitrogen and oxygen atoms in total. The van der Waals surface area contributed by atoms with Gasteiger partial charge in [0.15, 0.2) is 0 Å². The number of nitrogens with zero attached hydrogens (tertiary/aromatic N) is 1. The first kappa shape index (κ1) is 20.7. The quantitative estimate of drug-likeness (QED) is 0.666. The molecule has 146 valence electrons. The number of nitrogens with two attached hydrogens (primary N) is 1. The van der Waals surface area contributed by atoms with Crippen LogP contribution in [0.1, 0.15) is 37.6 Å². The largest absolute Gasteiger partial charge is 0.493 e. The topological polar surface area (TPSA) is 94.1 Å². The molecule has 1 fully saturated rings. The van der Waals surface area contributed by atoms with Gasteiger partial charge in [0.25, 0.3) is 5.91 Å². The molecule has 0 bridgehead atoms. The summed E-state index contributed by atoms with van der Waals surface area (Å²) in [5.41, 5.74) is 5.55. The first-order valence-corrected chi connectivity index (χ1v) is 10.6. The summed E-state index contributed by atoms with van der Waals surface area (Å²) in [6, 6.07) is 4.35. The van der Waals surface area contributed by atoms with Crippen molar-refractivity contribution in [3.63, 3.8) is 0 Å². The fourth-order valence-corrected chi connectivity index (χ4v) is 4.41. The van der Waals surface area contributed by atoms with Gasteiger partial charge in [0, 0.05) is 0 Å². The maximum atomic E-state index is 12.9. The van der Waals surface area contributed by atoms with Gasteiger partial charge in [0.1, 0.15) is 5.75 Å². The Morgan fingerprint density at radius 1 is 1.31 bits per heavy atom. The Bertz CT molecular complexity index is 726. The van der Waals surface area contributed by atoms with Crippen molar-refractivity contribution in [2.75, 3.05) is 39.3 Å². The summed E-state index contributed by atoms with van der Waals surface area (Å²) in [5, 5.41) is 0. The van der Waals surface area contributed by atoms with Crippen molar-refractivity contribution in [1.29, 1.82) is 0 Å². The highest BCUT2D eigenvalue weighted by Crippen LogP contribution is 2.25. The number of hydrogen-bond donors (Lipinski definition) is 2. The van der Waals surface area contributed by atoms with Gasteiger partial charge in [0.05, 0.1) is 49.8 Å². The fourth-order valence-electron chi connectivity index (χ4n) is 2.94. The van der Waals surface area contributed by atoms with E-state index in [9.17, 15) is 13.2 Å². The SMILES string of the molecule is CC[NH+]1CCN(S(=O)(=O)c2ccc(OCCC(C)C)c(C(N)=O)c2)CC1. The van der Waals surface area contributed by atoms with E-state index in [0.29, 0.717) is 31.4 Å². The molecule has 0 spiro atoms. The van der Waals surface area contributed by atoms with Crippen molar-refractivity contribution in [1.82, 2.24) is 4.31 Å². The van der Waals surface area contributed by atoms with E-state index in [1.807, 2.05) is 0 Å². The molecular weight excluding hydrogens is 354 g/mol. The Labute approximate surface area is 156 Å². The summed E-state index contributed by atoms with van der Waals surface area (Å²) in [7, 11) is -3.64. The monoisotopic (exact) mass is 384 g/mol. The van der Waals surface area contributed by atoms with Gasteiger partial charge in [-0.1, -0.05) is 13.8 Å². The van der Waals surface area contributed by atoms with Crippen molar-refractivity contribution in [2.45, 2.75) is 32.1 Å². The summed E-state index contributed by atoms with van der Waals surface area (Å²) in [5.74, 6) is 0.106. The summed E-state index contributed by atoms with van der Waals surface area (Å²) in [6.07, 6.45) is 0.836. The van der Waals surface area contributed by atoms with Gasteiger partial charge in [-0.25, -0.2) is 8.42 Å². The molecule has 1 aliphatic heterocycles. The Hall–Kier alpha value is -1.64. The third-order valence-electron chi connectivity index (χ3n) is 4.74. The van der Waals surface area contributed by atoms with Gasteiger partial charge in [-0.3, -0.25) is 4.79 Å². The van der Waals surface area contributed by atoms with Gasteiger partial charge in [0.2, 0.25) is 10.0 Å². The Balaban J connectivity index is 2.21. The van der Waals surface area contributed by atoms with E-state index in [1.54, 1.807) is 0 Å². The normalized spacial score (nSPS) is 16.8. The lowest BCUT2D eigenvalue weighted by atomic mass is 10.1. The molecule has 1 saturated heterocycles. The molecule has 1 aliphatic rings. The molecule has 1 amide bonds. The van der Waals surface area contributed by atoms with Crippen LogP contribution in [0.2, 0.25) is 0 Å². The number of rotatable bonds is 8. The van der Waals surface area contributed by atoms with Gasteiger partial charge in [-0.15, -0.1) is 0 Å². The molecule has 1 aromatic rings. The predicted molar refractivity (Wildman–Crippen MR) is 99.9 cm³/mol. The van der Waals surface area contributed by atoms with Gasteiger partial charge in [-0.05, 0) is 37.5 Å². The summed E-state index contributed by atoms with van der Waals surface area (Å²) >= 11 is 0. The van der Waals surface area contributed by atoms with E-state index in [0.717, 1.165) is 26.1 Å². The number of piperazine rings is 1. The van der Waals surface area contributed by atoms with Crippen molar-refractivity contribution < 1.29 is 22.8 Å². The zero-order valence-corrected chi connectivity index (χ0v) is 16.6. The molecule has 0 saturated carbocycles. The molecular formula is C18H30N3O4S+. The molecule has 2 rings (SSSR count). The molecule has 0 aromatic heterocycles. The van der Waals surface area contributed by atoms with Crippen molar-refractivity contribution in [2.24, 2.45) is 11.7 Å². The number of primary amides is 1. The Morgan fingerprint density at radius 2 is 1.96 bits per heavy atom. The summed E-state index contributed by atoms with van der Waals surface area (Å²) in [6.45, 7) is 10.2. The number of nitrogens with one attached hydrogen (secondary N) is 1. The average Bonchev–Trinajstić information content (AvgIpc) is 2.61. The second-order valence-electron chi connectivity index (χ2n) is 7.06. The van der Waals surface area contributed by atoms with Crippen LogP contribution in [0, 0.1) is 5.92 Å². The van der Waals surface area contributed by atoms with Crippen LogP contribution >= 0.6 is 0 Å². The molecule has 1 heterocycles. The number of benzene rings is 1. The number of sulfonamides is 1. The van der Waals surface area contributed by atoms with E-state index in [-0.39, 0.29) is 10.5 Å². The second-order valence-corrected chi connectivity index (χ2v) is 9.00. The zero-order valence-electron chi connectivity index (χ0n) is 15.8. The van der Waals surface area contributed by atoms with E-state index in [4.69, 9.17) is 10.5 Å². The predicted octanol–water partition coefficient (Wildman–Crippen LogP) is 0.120. The highest BCUT2D eigenvalue weighted by atomic mass is 32.2. The first-order valence-electron chi connectivity index (χ1n) is 9.16. The third-order valence-corrected chi connectivity index (χ3v) is 6.63. The van der Waals surface area contributed by atoms with E-state index >= 15 is 0 Å². The lowest BCUT2D eigenvalue weighted by molar-refractivity contribution is -0.901. The van der Waals surface area contributed by atoms with E-state index < -0.39 is 15.9 Å². The molecule has 3 N–H and O–H groups in total. The van der Waals surface area contributed by atoms with Crippen molar-refractivity contribution >= 4 is 15.9 Å². The lowest BCUT2D eigenvalue weighted by Crippen LogP contribution is -3.14. The van der Waals surface area contributed by atoms with Crippen LogP contribution in [-0.4, -0.2) is 58.0 Å². The smallest absolute Gasteiger partial charge is 0.252 e. The van der Waals surface area contributed by atoms with E-state index in [2.05, 4.69) is 20.8 Å². The second kappa shape index (κ2) is 8.83. The number of amides is 1. The minimum absolute atomic E-state index is 0.0856. The molecule has 0 aliphatic carbocycles. The summed E-state index contributed by atoms with van der Waals surface area (Å²) in [4.78, 5) is 13.3. The minimum Gasteiger partial charge on any atom is -0.493 e. The van der Waals surface area contributed by atoms with Crippen LogP contribution in [0.25, 0.3) is 0 Å². The molecule has 0 radical (unpaired) electrons. The van der Waals surface area contributed by atoms with Crippen LogP contribution in [0.15, 0.2) is 23.1 Å². The number of carbonyl (C=O) groups excluding carboxylic acids is 1. The third kappa shape index (κ3) is 4.96. The minimum atomic E-state index is -3.64. The highest BCUT2D eigenvalue weighted by molar-refractivity contribution is 7.89. The maximum Gasteiger partial charge on any atom is 0.252 e. The van der Waals surface area contributed by atoms with Gasteiger partial charge >= 0.3 is 0 Å². The van der Waals surface area contributed by atoms with Crippen LogP contribution in [0.5, 0.6) is 5.75 Å².